The molecule has 1 aromatic heterocycles. The van der Waals surface area contributed by atoms with Gasteiger partial charge in [0.25, 0.3) is 5.91 Å². The molecule has 0 unspecified atom stereocenters. The average molecular weight is 352 g/mol. The molecular weight excluding hydrogens is 326 g/mol. The Labute approximate surface area is 144 Å². The third-order valence-electron chi connectivity index (χ3n) is 2.10. The van der Waals surface area contributed by atoms with E-state index in [1.807, 2.05) is 27.7 Å². The van der Waals surface area contributed by atoms with Gasteiger partial charge in [-0.1, -0.05) is 0 Å². The zero-order valence-electron chi connectivity index (χ0n) is 13.0. The summed E-state index contributed by atoms with van der Waals surface area (Å²) in [5.74, 6) is -0.111. The monoisotopic (exact) mass is 351 g/mol. The molecule has 1 amide bonds. The maximum atomic E-state index is 11.5. The Morgan fingerprint density at radius 1 is 1.29 bits per heavy atom. The Morgan fingerprint density at radius 3 is 2.14 bits per heavy atom. The van der Waals surface area contributed by atoms with Crippen molar-refractivity contribution in [3.8, 4) is 0 Å². The molecule has 0 atom stereocenters. The second-order valence-electron chi connectivity index (χ2n) is 5.75. The van der Waals surface area contributed by atoms with E-state index in [9.17, 15) is 4.79 Å². The van der Waals surface area contributed by atoms with Crippen molar-refractivity contribution in [3.05, 3.63) is 30.1 Å². The van der Waals surface area contributed by atoms with Gasteiger partial charge in [-0.3, -0.25) is 9.78 Å². The number of hydrogen-bond donors (Lipinski definition) is 4. The van der Waals surface area contributed by atoms with Gasteiger partial charge >= 0.3 is 0 Å². The molecule has 0 spiro atoms. The number of nitrogens with one attached hydrogen (secondary N) is 1. The molecule has 4 nitrogen and oxygen atoms in total. The standard InChI is InChI=1S/C10H14N2OS.C4H11NS.ClH/c1-10(2,14)7-12-9(13)8-4-3-5-11-6-8;1-4(2,6)3-5;/h3-6,14H,7H2,1-2H3,(H,12,13);6H,3,5H2,1-2H3;1H. The van der Waals surface area contributed by atoms with Crippen LogP contribution in [0.3, 0.4) is 0 Å². The summed E-state index contributed by atoms with van der Waals surface area (Å²) in [6, 6.07) is 3.47. The molecule has 122 valence electrons. The third-order valence-corrected chi connectivity index (χ3v) is 2.45. The minimum atomic E-state index is -0.197. The van der Waals surface area contributed by atoms with Crippen molar-refractivity contribution in [1.29, 1.82) is 0 Å². The number of amides is 1. The van der Waals surface area contributed by atoms with Gasteiger partial charge in [-0.25, -0.2) is 0 Å². The maximum Gasteiger partial charge on any atom is 0.252 e. The number of pyridine rings is 1. The number of carbonyl (C=O) groups excluding carboxylic acids is 1. The Kier molecular flexibility index (Phi) is 11.2. The van der Waals surface area contributed by atoms with E-state index in [1.54, 1.807) is 24.5 Å². The molecule has 0 aliphatic heterocycles. The van der Waals surface area contributed by atoms with E-state index < -0.39 is 0 Å². The van der Waals surface area contributed by atoms with Gasteiger partial charge < -0.3 is 11.1 Å². The molecule has 21 heavy (non-hydrogen) atoms. The van der Waals surface area contributed by atoms with Gasteiger partial charge in [0.2, 0.25) is 0 Å². The number of halogens is 1. The molecule has 0 fully saturated rings. The van der Waals surface area contributed by atoms with E-state index in [4.69, 9.17) is 5.73 Å². The molecule has 0 radical (unpaired) electrons. The van der Waals surface area contributed by atoms with Crippen molar-refractivity contribution >= 4 is 43.6 Å². The summed E-state index contributed by atoms with van der Waals surface area (Å²) in [5.41, 5.74) is 5.80. The van der Waals surface area contributed by atoms with Crippen LogP contribution >= 0.6 is 37.7 Å². The van der Waals surface area contributed by atoms with Crippen molar-refractivity contribution in [2.24, 2.45) is 5.73 Å². The fraction of sp³-hybridized carbons (Fsp3) is 0.571. The molecule has 0 bridgehead atoms. The van der Waals surface area contributed by atoms with Gasteiger partial charge in [-0.05, 0) is 39.8 Å². The highest BCUT2D eigenvalue weighted by atomic mass is 35.5. The van der Waals surface area contributed by atoms with Crippen LogP contribution in [0.5, 0.6) is 0 Å². The number of hydrogen-bond acceptors (Lipinski definition) is 5. The van der Waals surface area contributed by atoms with Crippen LogP contribution in [0.25, 0.3) is 0 Å². The van der Waals surface area contributed by atoms with Crippen molar-refractivity contribution in [2.45, 2.75) is 37.2 Å². The Bertz CT molecular complexity index is 403. The summed E-state index contributed by atoms with van der Waals surface area (Å²) in [5, 5.41) is 2.78. The topological polar surface area (TPSA) is 68.0 Å². The summed E-state index contributed by atoms with van der Waals surface area (Å²) < 4.78 is -0.183. The lowest BCUT2D eigenvalue weighted by molar-refractivity contribution is 0.0950. The summed E-state index contributed by atoms with van der Waals surface area (Å²) in [6.07, 6.45) is 3.18. The molecule has 0 saturated heterocycles. The lowest BCUT2D eigenvalue weighted by Gasteiger charge is -2.17. The summed E-state index contributed by atoms with van der Waals surface area (Å²) in [6.45, 7) is 9.02. The third kappa shape index (κ3) is 14.3. The molecular formula is C14H26ClN3OS2. The first-order chi connectivity index (χ1) is 9.05. The van der Waals surface area contributed by atoms with E-state index in [1.165, 1.54) is 0 Å². The number of thiol groups is 2. The van der Waals surface area contributed by atoms with Gasteiger partial charge in [0.1, 0.15) is 0 Å². The lowest BCUT2D eigenvalue weighted by atomic mass is 10.2. The van der Waals surface area contributed by atoms with Crippen molar-refractivity contribution in [3.63, 3.8) is 0 Å². The SMILES string of the molecule is CC(C)(S)CN.CC(C)(S)CNC(=O)c1cccnc1.Cl. The Hall–Kier alpha value is -0.430. The van der Waals surface area contributed by atoms with Crippen molar-refractivity contribution in [1.82, 2.24) is 10.3 Å². The minimum Gasteiger partial charge on any atom is -0.351 e. The highest BCUT2D eigenvalue weighted by molar-refractivity contribution is 7.82. The zero-order chi connectivity index (χ0) is 15.8. The van der Waals surface area contributed by atoms with Crippen LogP contribution in [0, 0.1) is 0 Å². The van der Waals surface area contributed by atoms with Crippen molar-refractivity contribution < 1.29 is 4.79 Å². The number of nitrogens with zero attached hydrogens (tertiary/aromatic N) is 1. The first-order valence-corrected chi connectivity index (χ1v) is 7.28. The van der Waals surface area contributed by atoms with E-state index in [2.05, 4.69) is 35.6 Å². The second-order valence-corrected chi connectivity index (χ2v) is 8.17. The molecule has 7 heteroatoms. The zero-order valence-corrected chi connectivity index (χ0v) is 15.6. The quantitative estimate of drug-likeness (QED) is 0.630. The molecule has 0 aromatic carbocycles. The van der Waals surface area contributed by atoms with Crippen LogP contribution in [0.15, 0.2) is 24.5 Å². The van der Waals surface area contributed by atoms with Gasteiger partial charge in [-0.2, -0.15) is 25.3 Å². The van der Waals surface area contributed by atoms with Gasteiger partial charge in [0.15, 0.2) is 0 Å². The molecule has 3 N–H and O–H groups in total. The number of rotatable bonds is 4. The van der Waals surface area contributed by atoms with Crippen molar-refractivity contribution in [2.75, 3.05) is 13.1 Å². The largest absolute Gasteiger partial charge is 0.351 e. The molecule has 1 heterocycles. The first kappa shape index (κ1) is 22.8. The lowest BCUT2D eigenvalue weighted by Crippen LogP contribution is -2.34. The molecule has 0 aliphatic rings. The van der Waals surface area contributed by atoms with Gasteiger partial charge in [0.05, 0.1) is 5.56 Å². The molecule has 1 rings (SSSR count). The predicted molar refractivity (Wildman–Crippen MR) is 99.0 cm³/mol. The number of carbonyl (C=O) groups is 1. The highest BCUT2D eigenvalue weighted by Gasteiger charge is 2.13. The summed E-state index contributed by atoms with van der Waals surface area (Å²) in [7, 11) is 0. The summed E-state index contributed by atoms with van der Waals surface area (Å²) in [4.78, 5) is 15.4. The second kappa shape index (κ2) is 10.3. The van der Waals surface area contributed by atoms with E-state index >= 15 is 0 Å². The normalized spacial score (nSPS) is 10.8. The number of nitrogens with two attached hydrogens (primary N) is 1. The predicted octanol–water partition coefficient (Wildman–Crippen LogP) is 2.60. The average Bonchev–Trinajstić information content (AvgIpc) is 2.36. The van der Waals surface area contributed by atoms with Gasteiger partial charge in [-0.15, -0.1) is 12.4 Å². The summed E-state index contributed by atoms with van der Waals surface area (Å²) >= 11 is 8.44. The van der Waals surface area contributed by atoms with Crippen LogP contribution in [0.4, 0.5) is 0 Å². The van der Waals surface area contributed by atoms with Crippen LogP contribution in [0.1, 0.15) is 38.1 Å². The molecule has 0 saturated carbocycles. The van der Waals surface area contributed by atoms with E-state index in [-0.39, 0.29) is 27.8 Å². The fourth-order valence-electron chi connectivity index (χ4n) is 0.896. The minimum absolute atomic E-state index is 0. The number of aromatic nitrogens is 1. The van der Waals surface area contributed by atoms with Crippen LogP contribution < -0.4 is 11.1 Å². The van der Waals surface area contributed by atoms with Crippen LogP contribution in [0.2, 0.25) is 0 Å². The van der Waals surface area contributed by atoms with E-state index in [0.29, 0.717) is 18.7 Å². The highest BCUT2D eigenvalue weighted by Crippen LogP contribution is 2.09. The van der Waals surface area contributed by atoms with Crippen LogP contribution in [-0.2, 0) is 0 Å². The maximum absolute atomic E-state index is 11.5. The van der Waals surface area contributed by atoms with E-state index in [0.717, 1.165) is 0 Å². The first-order valence-electron chi connectivity index (χ1n) is 6.38. The molecule has 0 aliphatic carbocycles. The fourth-order valence-corrected chi connectivity index (χ4v) is 0.975. The molecule has 1 aromatic rings. The smallest absolute Gasteiger partial charge is 0.252 e. The Morgan fingerprint density at radius 2 is 1.81 bits per heavy atom. The van der Waals surface area contributed by atoms with Crippen LogP contribution in [-0.4, -0.2) is 33.5 Å². The van der Waals surface area contributed by atoms with Gasteiger partial charge in [0, 0.05) is 35.0 Å². The Balaban J connectivity index is 0.